The molecule has 0 bridgehead atoms. The Balaban J connectivity index is 2.52. The monoisotopic (exact) mass is 194 g/mol. The van der Waals surface area contributed by atoms with Crippen molar-refractivity contribution in [3.63, 3.8) is 0 Å². The lowest BCUT2D eigenvalue weighted by molar-refractivity contribution is -0.236. The van der Waals surface area contributed by atoms with Gasteiger partial charge in [-0.3, -0.25) is 0 Å². The average Bonchev–Trinajstić information content (AvgIpc) is 2.24. The first-order chi connectivity index (χ1) is 6.68. The van der Waals surface area contributed by atoms with Crippen LogP contribution in [0.3, 0.4) is 0 Å². The van der Waals surface area contributed by atoms with E-state index in [2.05, 4.69) is 0 Å². The maximum absolute atomic E-state index is 10.2. The van der Waals surface area contributed by atoms with Crippen LogP contribution in [0.1, 0.15) is 24.5 Å². The molecule has 14 heavy (non-hydrogen) atoms. The molecular weight excluding hydrogens is 180 g/mol. The van der Waals surface area contributed by atoms with Gasteiger partial charge in [0.1, 0.15) is 5.60 Å². The standard InChI is InChI=1S/C11H14O3/c1-2-11(13)9-6-4-3-5-8(9)7-14-10(11)12/h3-6,10,12-13H,2,7H2,1H3/t10?,11-/m0/s1. The second-order valence-electron chi connectivity index (χ2n) is 3.60. The predicted octanol–water partition coefficient (Wildman–Crippen LogP) is 1.13. The summed E-state index contributed by atoms with van der Waals surface area (Å²) in [6, 6.07) is 7.50. The summed E-state index contributed by atoms with van der Waals surface area (Å²) in [6.45, 7) is 2.19. The number of aliphatic hydroxyl groups is 2. The number of fused-ring (bicyclic) bond motifs is 1. The second kappa shape index (κ2) is 3.35. The minimum Gasteiger partial charge on any atom is -0.380 e. The first-order valence-corrected chi connectivity index (χ1v) is 4.79. The molecule has 1 heterocycles. The molecule has 0 saturated carbocycles. The summed E-state index contributed by atoms with van der Waals surface area (Å²) in [7, 11) is 0. The fraction of sp³-hybridized carbons (Fsp3) is 0.455. The van der Waals surface area contributed by atoms with E-state index in [0.29, 0.717) is 13.0 Å². The van der Waals surface area contributed by atoms with E-state index in [1.54, 1.807) is 0 Å². The smallest absolute Gasteiger partial charge is 0.188 e. The van der Waals surface area contributed by atoms with E-state index in [9.17, 15) is 10.2 Å². The van der Waals surface area contributed by atoms with Crippen molar-refractivity contribution in [3.05, 3.63) is 35.4 Å². The number of rotatable bonds is 1. The minimum absolute atomic E-state index is 0.361. The first kappa shape index (κ1) is 9.65. The Bertz CT molecular complexity index is 337. The molecule has 0 amide bonds. The molecule has 3 heteroatoms. The van der Waals surface area contributed by atoms with Crippen molar-refractivity contribution in [2.45, 2.75) is 31.8 Å². The Labute approximate surface area is 83.0 Å². The number of aliphatic hydroxyl groups excluding tert-OH is 1. The maximum Gasteiger partial charge on any atom is 0.188 e. The van der Waals surface area contributed by atoms with Gasteiger partial charge in [0.25, 0.3) is 0 Å². The van der Waals surface area contributed by atoms with Gasteiger partial charge in [-0.1, -0.05) is 31.2 Å². The van der Waals surface area contributed by atoms with Crippen molar-refractivity contribution < 1.29 is 14.9 Å². The van der Waals surface area contributed by atoms with E-state index >= 15 is 0 Å². The Morgan fingerprint density at radius 1 is 1.50 bits per heavy atom. The van der Waals surface area contributed by atoms with Crippen LogP contribution >= 0.6 is 0 Å². The second-order valence-corrected chi connectivity index (χ2v) is 3.60. The van der Waals surface area contributed by atoms with Crippen LogP contribution in [0.5, 0.6) is 0 Å². The van der Waals surface area contributed by atoms with Crippen molar-refractivity contribution in [2.75, 3.05) is 0 Å². The summed E-state index contributed by atoms with van der Waals surface area (Å²) >= 11 is 0. The summed E-state index contributed by atoms with van der Waals surface area (Å²) < 4.78 is 5.12. The number of benzene rings is 1. The lowest BCUT2D eigenvalue weighted by Crippen LogP contribution is -2.44. The van der Waals surface area contributed by atoms with Crippen molar-refractivity contribution in [3.8, 4) is 0 Å². The highest BCUT2D eigenvalue weighted by atomic mass is 16.6. The Morgan fingerprint density at radius 3 is 2.93 bits per heavy atom. The fourth-order valence-electron chi connectivity index (χ4n) is 1.87. The molecule has 0 spiro atoms. The van der Waals surface area contributed by atoms with E-state index in [0.717, 1.165) is 11.1 Å². The molecule has 0 fully saturated rings. The fourth-order valence-corrected chi connectivity index (χ4v) is 1.87. The SMILES string of the molecule is CC[C@]1(O)c2ccccc2COC1O. The van der Waals surface area contributed by atoms with Gasteiger partial charge in [-0.2, -0.15) is 0 Å². The maximum atomic E-state index is 10.2. The molecule has 1 aliphatic rings. The molecule has 1 aliphatic heterocycles. The molecule has 0 saturated heterocycles. The van der Waals surface area contributed by atoms with E-state index in [4.69, 9.17) is 4.74 Å². The lowest BCUT2D eigenvalue weighted by Gasteiger charge is -2.37. The summed E-state index contributed by atoms with van der Waals surface area (Å²) in [4.78, 5) is 0. The van der Waals surface area contributed by atoms with E-state index in [1.807, 2.05) is 31.2 Å². The molecule has 0 aliphatic carbocycles. The van der Waals surface area contributed by atoms with Crippen LogP contribution in [0.25, 0.3) is 0 Å². The third-order valence-corrected chi connectivity index (χ3v) is 2.83. The van der Waals surface area contributed by atoms with Gasteiger partial charge in [-0.05, 0) is 17.5 Å². The quantitative estimate of drug-likeness (QED) is 0.704. The highest BCUT2D eigenvalue weighted by Crippen LogP contribution is 2.36. The molecular formula is C11H14O3. The normalized spacial score (nSPS) is 31.2. The van der Waals surface area contributed by atoms with Gasteiger partial charge in [-0.15, -0.1) is 0 Å². The van der Waals surface area contributed by atoms with Crippen LogP contribution < -0.4 is 0 Å². The highest BCUT2D eigenvalue weighted by molar-refractivity contribution is 5.34. The van der Waals surface area contributed by atoms with E-state index < -0.39 is 11.9 Å². The average molecular weight is 194 g/mol. The van der Waals surface area contributed by atoms with Crippen molar-refractivity contribution in [1.82, 2.24) is 0 Å². The van der Waals surface area contributed by atoms with Crippen molar-refractivity contribution in [1.29, 1.82) is 0 Å². The van der Waals surface area contributed by atoms with Crippen molar-refractivity contribution >= 4 is 0 Å². The predicted molar refractivity (Wildman–Crippen MR) is 51.4 cm³/mol. The largest absolute Gasteiger partial charge is 0.380 e. The molecule has 2 atom stereocenters. The summed E-state index contributed by atoms with van der Waals surface area (Å²) in [5.74, 6) is 0. The zero-order valence-electron chi connectivity index (χ0n) is 8.10. The Kier molecular flexibility index (Phi) is 2.31. The van der Waals surface area contributed by atoms with Gasteiger partial charge in [0, 0.05) is 0 Å². The zero-order valence-corrected chi connectivity index (χ0v) is 8.10. The molecule has 0 radical (unpaired) electrons. The zero-order chi connectivity index (χ0) is 10.2. The summed E-state index contributed by atoms with van der Waals surface area (Å²) in [6.07, 6.45) is -0.687. The van der Waals surface area contributed by atoms with Gasteiger partial charge in [0.2, 0.25) is 0 Å². The van der Waals surface area contributed by atoms with Crippen LogP contribution in [0.4, 0.5) is 0 Å². The van der Waals surface area contributed by atoms with Crippen LogP contribution in [-0.2, 0) is 16.9 Å². The topological polar surface area (TPSA) is 49.7 Å². The number of hydrogen-bond acceptors (Lipinski definition) is 3. The Hall–Kier alpha value is -0.900. The molecule has 2 N–H and O–H groups in total. The molecule has 1 aromatic carbocycles. The summed E-state index contributed by atoms with van der Waals surface area (Å²) in [5.41, 5.74) is 0.470. The van der Waals surface area contributed by atoms with Gasteiger partial charge in [0.15, 0.2) is 6.29 Å². The van der Waals surface area contributed by atoms with E-state index in [-0.39, 0.29) is 0 Å². The molecule has 76 valence electrons. The lowest BCUT2D eigenvalue weighted by atomic mass is 9.85. The molecule has 1 unspecified atom stereocenters. The van der Waals surface area contributed by atoms with Crippen molar-refractivity contribution in [2.24, 2.45) is 0 Å². The highest BCUT2D eigenvalue weighted by Gasteiger charge is 2.41. The Morgan fingerprint density at radius 2 is 2.21 bits per heavy atom. The molecule has 3 nitrogen and oxygen atoms in total. The molecule has 2 rings (SSSR count). The molecule has 1 aromatic rings. The first-order valence-electron chi connectivity index (χ1n) is 4.79. The third-order valence-electron chi connectivity index (χ3n) is 2.83. The number of hydrogen-bond donors (Lipinski definition) is 2. The van der Waals surface area contributed by atoms with Crippen LogP contribution in [0.15, 0.2) is 24.3 Å². The van der Waals surface area contributed by atoms with Gasteiger partial charge in [-0.25, -0.2) is 0 Å². The van der Waals surface area contributed by atoms with Crippen LogP contribution in [-0.4, -0.2) is 16.5 Å². The van der Waals surface area contributed by atoms with Gasteiger partial charge in [0.05, 0.1) is 6.61 Å². The van der Waals surface area contributed by atoms with E-state index in [1.165, 1.54) is 0 Å². The van der Waals surface area contributed by atoms with Gasteiger partial charge >= 0.3 is 0 Å². The summed E-state index contributed by atoms with van der Waals surface area (Å²) in [5, 5.41) is 19.8. The number of ether oxygens (including phenoxy) is 1. The van der Waals surface area contributed by atoms with Crippen LogP contribution in [0.2, 0.25) is 0 Å². The third kappa shape index (κ3) is 1.25. The molecule has 0 aromatic heterocycles. The minimum atomic E-state index is -1.26. The van der Waals surface area contributed by atoms with Gasteiger partial charge < -0.3 is 14.9 Å². The van der Waals surface area contributed by atoms with Crippen LogP contribution in [0, 0.1) is 0 Å².